The second-order valence-electron chi connectivity index (χ2n) is 6.47. The van der Waals surface area contributed by atoms with Crippen molar-refractivity contribution >= 4 is 12.0 Å². The van der Waals surface area contributed by atoms with Gasteiger partial charge in [-0.15, -0.1) is 0 Å². The summed E-state index contributed by atoms with van der Waals surface area (Å²) >= 11 is 0. The van der Waals surface area contributed by atoms with Crippen molar-refractivity contribution in [2.75, 3.05) is 6.54 Å². The lowest BCUT2D eigenvalue weighted by Crippen LogP contribution is -2.52. The zero-order valence-electron chi connectivity index (χ0n) is 12.5. The molecule has 2 amide bonds. The first-order chi connectivity index (χ1) is 9.49. The molecule has 0 aromatic heterocycles. The third kappa shape index (κ3) is 3.87. The Hall–Kier alpha value is -1.26. The first kappa shape index (κ1) is 15.1. The first-order valence-electron chi connectivity index (χ1n) is 7.79. The van der Waals surface area contributed by atoms with Crippen LogP contribution in [0.3, 0.4) is 0 Å². The molecule has 0 radical (unpaired) electrons. The maximum Gasteiger partial charge on any atom is 0.317 e. The first-order valence-corrected chi connectivity index (χ1v) is 7.79. The Morgan fingerprint density at radius 2 is 1.85 bits per heavy atom. The summed E-state index contributed by atoms with van der Waals surface area (Å²) in [4.78, 5) is 25.5. The van der Waals surface area contributed by atoms with Gasteiger partial charge in [0.25, 0.3) is 0 Å². The Balaban J connectivity index is 1.94. The van der Waals surface area contributed by atoms with E-state index in [1.807, 2.05) is 18.7 Å². The fourth-order valence-electron chi connectivity index (χ4n) is 2.95. The molecule has 114 valence electrons. The maximum absolute atomic E-state index is 12.4. The average Bonchev–Trinajstić information content (AvgIpc) is 3.19. The number of hydrogen-bond donors (Lipinski definition) is 2. The van der Waals surface area contributed by atoms with Gasteiger partial charge in [0.05, 0.1) is 5.92 Å². The number of carbonyl (C=O) groups excluding carboxylic acids is 1. The minimum Gasteiger partial charge on any atom is -0.481 e. The number of amides is 2. The van der Waals surface area contributed by atoms with Crippen LogP contribution in [0.5, 0.6) is 0 Å². The Labute approximate surface area is 120 Å². The molecular formula is C15H26N2O3. The van der Waals surface area contributed by atoms with E-state index < -0.39 is 11.9 Å². The number of carboxylic acid groups (broad SMARTS) is 1. The molecule has 2 aliphatic carbocycles. The molecular weight excluding hydrogens is 256 g/mol. The van der Waals surface area contributed by atoms with Gasteiger partial charge in [-0.2, -0.15) is 0 Å². The summed E-state index contributed by atoms with van der Waals surface area (Å²) in [5.41, 5.74) is 0. The lowest BCUT2D eigenvalue weighted by molar-refractivity contribution is -0.143. The van der Waals surface area contributed by atoms with Crippen LogP contribution in [0.2, 0.25) is 0 Å². The van der Waals surface area contributed by atoms with Crippen LogP contribution < -0.4 is 5.32 Å². The molecule has 2 unspecified atom stereocenters. The molecule has 2 rings (SSSR count). The molecule has 0 heterocycles. The summed E-state index contributed by atoms with van der Waals surface area (Å²) in [5.74, 6) is -0.569. The van der Waals surface area contributed by atoms with Gasteiger partial charge in [-0.25, -0.2) is 4.79 Å². The number of rotatable bonds is 5. The van der Waals surface area contributed by atoms with E-state index in [2.05, 4.69) is 5.32 Å². The summed E-state index contributed by atoms with van der Waals surface area (Å²) in [6.45, 7) is 4.82. The Bertz CT molecular complexity index is 366. The number of urea groups is 1. The smallest absolute Gasteiger partial charge is 0.317 e. The van der Waals surface area contributed by atoms with Crippen molar-refractivity contribution in [1.29, 1.82) is 0 Å². The largest absolute Gasteiger partial charge is 0.481 e. The molecule has 0 aromatic rings. The Morgan fingerprint density at radius 3 is 2.40 bits per heavy atom. The predicted octanol–water partition coefficient (Wildman–Crippen LogP) is 2.46. The zero-order valence-corrected chi connectivity index (χ0v) is 12.5. The molecule has 2 atom stereocenters. The van der Waals surface area contributed by atoms with E-state index in [0.717, 1.165) is 25.8 Å². The number of nitrogens with one attached hydrogen (secondary N) is 1. The zero-order chi connectivity index (χ0) is 14.7. The van der Waals surface area contributed by atoms with Crippen molar-refractivity contribution in [3.05, 3.63) is 0 Å². The van der Waals surface area contributed by atoms with E-state index in [-0.39, 0.29) is 18.1 Å². The topological polar surface area (TPSA) is 69.6 Å². The SMILES string of the molecule is CC(C)N(CC1CC1)C(=O)NC1CCCCC1C(=O)O. The molecule has 2 saturated carbocycles. The average molecular weight is 282 g/mol. The quantitative estimate of drug-likeness (QED) is 0.813. The van der Waals surface area contributed by atoms with Crippen LogP contribution in [-0.4, -0.2) is 40.6 Å². The molecule has 2 fully saturated rings. The molecule has 0 bridgehead atoms. The highest BCUT2D eigenvalue weighted by Gasteiger charge is 2.34. The van der Waals surface area contributed by atoms with Crippen molar-refractivity contribution in [2.45, 2.75) is 64.5 Å². The van der Waals surface area contributed by atoms with Crippen LogP contribution in [0.4, 0.5) is 4.79 Å². The van der Waals surface area contributed by atoms with Gasteiger partial charge in [0.15, 0.2) is 0 Å². The molecule has 5 heteroatoms. The summed E-state index contributed by atoms with van der Waals surface area (Å²) in [6.07, 6.45) is 5.80. The minimum absolute atomic E-state index is 0.0925. The highest BCUT2D eigenvalue weighted by molar-refractivity contribution is 5.77. The number of hydrogen-bond acceptors (Lipinski definition) is 2. The molecule has 0 spiro atoms. The molecule has 0 aliphatic heterocycles. The number of carboxylic acids is 1. The molecule has 0 saturated heterocycles. The van der Waals surface area contributed by atoms with Gasteiger partial charge >= 0.3 is 12.0 Å². The molecule has 5 nitrogen and oxygen atoms in total. The monoisotopic (exact) mass is 282 g/mol. The third-order valence-corrected chi connectivity index (χ3v) is 4.43. The predicted molar refractivity (Wildman–Crippen MR) is 76.5 cm³/mol. The van der Waals surface area contributed by atoms with Gasteiger partial charge in [0, 0.05) is 18.6 Å². The van der Waals surface area contributed by atoms with Crippen LogP contribution in [0.1, 0.15) is 52.4 Å². The number of carbonyl (C=O) groups is 2. The van der Waals surface area contributed by atoms with Crippen molar-refractivity contribution in [1.82, 2.24) is 10.2 Å². The third-order valence-electron chi connectivity index (χ3n) is 4.43. The normalized spacial score (nSPS) is 26.4. The second-order valence-corrected chi connectivity index (χ2v) is 6.47. The summed E-state index contributed by atoms with van der Waals surface area (Å²) in [6, 6.07) is -0.151. The number of nitrogens with zero attached hydrogens (tertiary/aromatic N) is 1. The van der Waals surface area contributed by atoms with Crippen LogP contribution in [0, 0.1) is 11.8 Å². The standard InChI is InChI=1S/C15H26N2O3/c1-10(2)17(9-11-7-8-11)15(20)16-13-6-4-3-5-12(13)14(18)19/h10-13H,3-9H2,1-2H3,(H,16,20)(H,18,19). The minimum atomic E-state index is -0.784. The van der Waals surface area contributed by atoms with E-state index in [4.69, 9.17) is 0 Å². The lowest BCUT2D eigenvalue weighted by atomic mass is 9.84. The highest BCUT2D eigenvalue weighted by atomic mass is 16.4. The van der Waals surface area contributed by atoms with Gasteiger partial charge < -0.3 is 15.3 Å². The van der Waals surface area contributed by atoms with Crippen LogP contribution in [0.15, 0.2) is 0 Å². The van der Waals surface area contributed by atoms with Crippen molar-refractivity contribution in [3.63, 3.8) is 0 Å². The van der Waals surface area contributed by atoms with Gasteiger partial charge in [-0.1, -0.05) is 12.8 Å². The van der Waals surface area contributed by atoms with Gasteiger partial charge in [0.2, 0.25) is 0 Å². The summed E-state index contributed by atoms with van der Waals surface area (Å²) in [7, 11) is 0. The summed E-state index contributed by atoms with van der Waals surface area (Å²) < 4.78 is 0. The van der Waals surface area contributed by atoms with Crippen molar-refractivity contribution < 1.29 is 14.7 Å². The van der Waals surface area contributed by atoms with E-state index in [1.54, 1.807) is 0 Å². The molecule has 2 aliphatic rings. The fourth-order valence-corrected chi connectivity index (χ4v) is 2.95. The van der Waals surface area contributed by atoms with Gasteiger partial charge in [-0.3, -0.25) is 4.79 Å². The summed E-state index contributed by atoms with van der Waals surface area (Å²) in [5, 5.41) is 12.2. The van der Waals surface area contributed by atoms with E-state index in [0.29, 0.717) is 12.3 Å². The van der Waals surface area contributed by atoms with Crippen LogP contribution >= 0.6 is 0 Å². The molecule has 20 heavy (non-hydrogen) atoms. The second kappa shape index (κ2) is 6.46. The van der Waals surface area contributed by atoms with E-state index in [1.165, 1.54) is 12.8 Å². The Kier molecular flexibility index (Phi) is 4.89. The van der Waals surface area contributed by atoms with Crippen LogP contribution in [-0.2, 0) is 4.79 Å². The number of aliphatic carboxylic acids is 1. The Morgan fingerprint density at radius 1 is 1.20 bits per heavy atom. The highest BCUT2D eigenvalue weighted by Crippen LogP contribution is 2.30. The van der Waals surface area contributed by atoms with Gasteiger partial charge in [0.1, 0.15) is 0 Å². The maximum atomic E-state index is 12.4. The van der Waals surface area contributed by atoms with Gasteiger partial charge in [-0.05, 0) is 45.4 Å². The van der Waals surface area contributed by atoms with Crippen LogP contribution in [0.25, 0.3) is 0 Å². The lowest BCUT2D eigenvalue weighted by Gasteiger charge is -2.33. The van der Waals surface area contributed by atoms with E-state index in [9.17, 15) is 14.7 Å². The molecule has 0 aromatic carbocycles. The fraction of sp³-hybridized carbons (Fsp3) is 0.867. The van der Waals surface area contributed by atoms with E-state index >= 15 is 0 Å². The van der Waals surface area contributed by atoms with Crippen molar-refractivity contribution in [3.8, 4) is 0 Å². The van der Waals surface area contributed by atoms with Crippen molar-refractivity contribution in [2.24, 2.45) is 11.8 Å². The molecule has 2 N–H and O–H groups in total.